The van der Waals surface area contributed by atoms with Crippen molar-refractivity contribution in [2.24, 2.45) is 0 Å². The number of aromatic nitrogens is 3. The van der Waals surface area contributed by atoms with Crippen molar-refractivity contribution in [1.82, 2.24) is 29.9 Å². The second kappa shape index (κ2) is 11.5. The van der Waals surface area contributed by atoms with E-state index in [4.69, 9.17) is 0 Å². The molecule has 4 amide bonds. The lowest BCUT2D eigenvalue weighted by Crippen LogP contribution is -2.35. The second-order valence-corrected chi connectivity index (χ2v) is 10.1. The molecular formula is C28H36N8O3. The van der Waals surface area contributed by atoms with Crippen molar-refractivity contribution in [3.8, 4) is 0 Å². The third-order valence-corrected chi connectivity index (χ3v) is 6.71. The molecular weight excluding hydrogens is 496 g/mol. The third kappa shape index (κ3) is 6.02. The van der Waals surface area contributed by atoms with Gasteiger partial charge in [-0.15, -0.1) is 0 Å². The van der Waals surface area contributed by atoms with Gasteiger partial charge in [-0.05, 0) is 36.8 Å². The van der Waals surface area contributed by atoms with Gasteiger partial charge in [-0.3, -0.25) is 14.3 Å². The Bertz CT molecular complexity index is 1350. The predicted molar refractivity (Wildman–Crippen MR) is 150 cm³/mol. The number of urea groups is 1. The van der Waals surface area contributed by atoms with Crippen molar-refractivity contribution in [2.45, 2.75) is 39.4 Å². The molecule has 1 aliphatic heterocycles. The normalized spacial score (nSPS) is 14.4. The van der Waals surface area contributed by atoms with E-state index < -0.39 is 0 Å². The van der Waals surface area contributed by atoms with Gasteiger partial charge < -0.3 is 25.3 Å². The highest BCUT2D eigenvalue weighted by Gasteiger charge is 2.32. The van der Waals surface area contributed by atoms with Gasteiger partial charge in [-0.1, -0.05) is 19.1 Å². The molecule has 0 unspecified atom stereocenters. The van der Waals surface area contributed by atoms with Gasteiger partial charge in [0.25, 0.3) is 11.8 Å². The monoisotopic (exact) mass is 532 g/mol. The van der Waals surface area contributed by atoms with Crippen molar-refractivity contribution in [3.05, 3.63) is 70.7 Å². The van der Waals surface area contributed by atoms with Gasteiger partial charge in [-0.25, -0.2) is 9.78 Å². The fourth-order valence-electron chi connectivity index (χ4n) is 4.66. The quantitative estimate of drug-likeness (QED) is 0.483. The maximum atomic E-state index is 13.3. The zero-order valence-corrected chi connectivity index (χ0v) is 23.4. The molecule has 11 heteroatoms. The Kier molecular flexibility index (Phi) is 8.18. The number of carbonyl (C=O) groups is 3. The van der Waals surface area contributed by atoms with E-state index in [0.717, 1.165) is 29.2 Å². The van der Waals surface area contributed by atoms with Crippen LogP contribution in [-0.2, 0) is 19.6 Å². The molecule has 3 heterocycles. The highest BCUT2D eigenvalue weighted by atomic mass is 16.2. The third-order valence-electron chi connectivity index (χ3n) is 6.71. The van der Waals surface area contributed by atoms with Crippen LogP contribution in [0.4, 0.5) is 16.3 Å². The van der Waals surface area contributed by atoms with E-state index in [0.29, 0.717) is 36.6 Å². The Morgan fingerprint density at radius 2 is 1.74 bits per heavy atom. The van der Waals surface area contributed by atoms with Crippen LogP contribution in [0, 0.1) is 0 Å². The Morgan fingerprint density at radius 1 is 1.03 bits per heavy atom. The number of amides is 4. The van der Waals surface area contributed by atoms with Gasteiger partial charge in [-0.2, -0.15) is 5.10 Å². The number of hydrogen-bond donors (Lipinski definition) is 2. The highest BCUT2D eigenvalue weighted by Crippen LogP contribution is 2.33. The van der Waals surface area contributed by atoms with E-state index in [2.05, 4.69) is 32.5 Å². The Morgan fingerprint density at radius 3 is 2.33 bits per heavy atom. The Labute approximate surface area is 228 Å². The molecule has 0 fully saturated rings. The summed E-state index contributed by atoms with van der Waals surface area (Å²) in [5.41, 5.74) is 4.49. The highest BCUT2D eigenvalue weighted by molar-refractivity contribution is 5.95. The number of aryl methyl sites for hydroxylation is 1. The average Bonchev–Trinajstić information content (AvgIpc) is 3.31. The van der Waals surface area contributed by atoms with Crippen LogP contribution in [0.5, 0.6) is 0 Å². The number of nitrogens with one attached hydrogen (secondary N) is 2. The minimum absolute atomic E-state index is 0.0977. The van der Waals surface area contributed by atoms with E-state index in [1.54, 1.807) is 52.6 Å². The molecule has 0 saturated heterocycles. The van der Waals surface area contributed by atoms with E-state index in [1.807, 2.05) is 29.8 Å². The number of benzene rings is 1. The first kappa shape index (κ1) is 27.6. The predicted octanol–water partition coefficient (Wildman–Crippen LogP) is 3.15. The van der Waals surface area contributed by atoms with Gasteiger partial charge in [0.05, 0.1) is 5.56 Å². The smallest absolute Gasteiger partial charge is 0.321 e. The van der Waals surface area contributed by atoms with Crippen molar-refractivity contribution < 1.29 is 14.4 Å². The molecule has 4 rings (SSSR count). The maximum absolute atomic E-state index is 13.3. The number of carbonyl (C=O) groups excluding carboxylic acids is 3. The molecule has 0 saturated carbocycles. The van der Waals surface area contributed by atoms with Crippen LogP contribution in [0.3, 0.4) is 0 Å². The molecule has 1 aliphatic rings. The van der Waals surface area contributed by atoms with E-state index in [-0.39, 0.29) is 23.8 Å². The van der Waals surface area contributed by atoms with Crippen LogP contribution < -0.4 is 15.5 Å². The molecule has 0 aliphatic carbocycles. The summed E-state index contributed by atoms with van der Waals surface area (Å²) in [6.07, 6.45) is 1.60. The number of fused-ring (bicyclic) bond motifs is 1. The van der Waals surface area contributed by atoms with Crippen molar-refractivity contribution in [1.29, 1.82) is 0 Å². The fourth-order valence-corrected chi connectivity index (χ4v) is 4.66. The van der Waals surface area contributed by atoms with Crippen LogP contribution in [0.25, 0.3) is 0 Å². The first-order chi connectivity index (χ1) is 18.6. The zero-order valence-electron chi connectivity index (χ0n) is 23.4. The number of pyridine rings is 1. The summed E-state index contributed by atoms with van der Waals surface area (Å²) < 4.78 is 1.92. The van der Waals surface area contributed by atoms with Crippen molar-refractivity contribution in [2.75, 3.05) is 45.0 Å². The molecule has 206 valence electrons. The van der Waals surface area contributed by atoms with Gasteiger partial charge in [0.1, 0.15) is 5.82 Å². The van der Waals surface area contributed by atoms with E-state index >= 15 is 0 Å². The summed E-state index contributed by atoms with van der Waals surface area (Å²) >= 11 is 0. The summed E-state index contributed by atoms with van der Waals surface area (Å²) in [6, 6.07) is 10.8. The molecule has 2 N–H and O–H groups in total. The number of rotatable bonds is 7. The fraction of sp³-hybridized carbons (Fsp3) is 0.393. The van der Waals surface area contributed by atoms with Crippen molar-refractivity contribution >= 4 is 29.4 Å². The standard InChI is InChI=1S/C28H36N8O3/c1-7-36-25-18(2)16-35(23-13-10-20(15-29-23)27(38)33(3)4)17-22(25)24(32-36)26(37)30-14-19-8-11-21(12-9-19)31-28(39)34(5)6/h8-13,15,18H,7,14,16-17H2,1-6H3,(H,30,37)(H,31,39)/t18-/m0/s1. The van der Waals surface area contributed by atoms with Crippen LogP contribution in [0.15, 0.2) is 42.6 Å². The number of anilines is 2. The molecule has 11 nitrogen and oxygen atoms in total. The molecule has 1 atom stereocenters. The Balaban J connectivity index is 1.49. The summed E-state index contributed by atoms with van der Waals surface area (Å²) in [5, 5.41) is 10.5. The van der Waals surface area contributed by atoms with Gasteiger partial charge in [0.2, 0.25) is 0 Å². The summed E-state index contributed by atoms with van der Waals surface area (Å²) in [7, 11) is 6.78. The van der Waals surface area contributed by atoms with E-state index in [9.17, 15) is 14.4 Å². The maximum Gasteiger partial charge on any atom is 0.321 e. The molecule has 0 spiro atoms. The van der Waals surface area contributed by atoms with Gasteiger partial charge in [0, 0.05) is 83.4 Å². The largest absolute Gasteiger partial charge is 0.351 e. The molecule has 3 aromatic rings. The SMILES string of the molecule is CCn1nc(C(=O)NCc2ccc(NC(=O)N(C)C)cc2)c2c1[C@@H](C)CN(c1ccc(C(=O)N(C)C)cn1)C2. The van der Waals surface area contributed by atoms with Gasteiger partial charge in [0.15, 0.2) is 5.69 Å². The second-order valence-electron chi connectivity index (χ2n) is 10.1. The topological polar surface area (TPSA) is 116 Å². The lowest BCUT2D eigenvalue weighted by Gasteiger charge is -2.33. The summed E-state index contributed by atoms with van der Waals surface area (Å²) in [4.78, 5) is 47.1. The van der Waals surface area contributed by atoms with Crippen LogP contribution in [0.2, 0.25) is 0 Å². The van der Waals surface area contributed by atoms with Crippen molar-refractivity contribution in [3.63, 3.8) is 0 Å². The lowest BCUT2D eigenvalue weighted by atomic mass is 9.95. The zero-order chi connectivity index (χ0) is 28.3. The minimum atomic E-state index is -0.239. The number of hydrogen-bond acceptors (Lipinski definition) is 6. The lowest BCUT2D eigenvalue weighted by molar-refractivity contribution is 0.0826. The summed E-state index contributed by atoms with van der Waals surface area (Å²) in [6.45, 7) is 6.37. The van der Waals surface area contributed by atoms with E-state index in [1.165, 1.54) is 9.80 Å². The molecule has 1 aromatic carbocycles. The van der Waals surface area contributed by atoms with Crippen LogP contribution >= 0.6 is 0 Å². The minimum Gasteiger partial charge on any atom is -0.351 e. The molecule has 0 radical (unpaired) electrons. The van der Waals surface area contributed by atoms with Crippen LogP contribution in [0.1, 0.15) is 57.4 Å². The Hall–Kier alpha value is -4.41. The molecule has 2 aromatic heterocycles. The first-order valence-corrected chi connectivity index (χ1v) is 13.0. The average molecular weight is 533 g/mol. The molecule has 39 heavy (non-hydrogen) atoms. The summed E-state index contributed by atoms with van der Waals surface area (Å²) in [5.74, 6) is 0.550. The molecule has 0 bridgehead atoms. The first-order valence-electron chi connectivity index (χ1n) is 13.0. The number of nitrogens with zero attached hydrogens (tertiary/aromatic N) is 6. The van der Waals surface area contributed by atoms with Crippen LogP contribution in [-0.4, -0.2) is 77.1 Å². The van der Waals surface area contributed by atoms with Gasteiger partial charge >= 0.3 is 6.03 Å².